The number of carbonyl (C=O) groups is 1. The Morgan fingerprint density at radius 2 is 2.22 bits per heavy atom. The Bertz CT molecular complexity index is 807. The molecular formula is C21H27ClN4O. The third-order valence-corrected chi connectivity index (χ3v) is 5.24. The fraction of sp³-hybridized carbons (Fsp3) is 0.429. The van der Waals surface area contributed by atoms with E-state index in [2.05, 4.69) is 27.4 Å². The number of aryl methyl sites for hydroxylation is 1. The van der Waals surface area contributed by atoms with Crippen molar-refractivity contribution < 1.29 is 4.79 Å². The second-order valence-electron chi connectivity index (χ2n) is 7.17. The van der Waals surface area contributed by atoms with Crippen LogP contribution in [0.5, 0.6) is 0 Å². The first-order valence-electron chi connectivity index (χ1n) is 9.47. The number of piperazine rings is 1. The monoisotopic (exact) mass is 386 g/mol. The number of hydrogen-bond acceptors (Lipinski definition) is 4. The zero-order valence-electron chi connectivity index (χ0n) is 16.2. The standard InChI is InChI=1S/C21H27ClN4O/c1-4-19-6-5-16(11-24-19)21(27)25-20-10-18(22)9-17(15(20)3)13-26-8-7-23-14(2)12-26/h5-6,9-11,14,23H,4,7-8,12-13H2,1-3H3,(H,25,27). The Labute approximate surface area is 166 Å². The molecule has 2 aromatic rings. The van der Waals surface area contributed by atoms with Crippen LogP contribution in [0.15, 0.2) is 30.5 Å². The van der Waals surface area contributed by atoms with E-state index in [1.165, 1.54) is 0 Å². The van der Waals surface area contributed by atoms with E-state index in [0.717, 1.165) is 55.1 Å². The number of nitrogens with zero attached hydrogens (tertiary/aromatic N) is 2. The maximum Gasteiger partial charge on any atom is 0.257 e. The average molecular weight is 387 g/mol. The van der Waals surface area contributed by atoms with Gasteiger partial charge in [-0.25, -0.2) is 0 Å². The van der Waals surface area contributed by atoms with Crippen LogP contribution in [0.25, 0.3) is 0 Å². The van der Waals surface area contributed by atoms with Gasteiger partial charge in [-0.3, -0.25) is 14.7 Å². The van der Waals surface area contributed by atoms with Gasteiger partial charge in [0.1, 0.15) is 0 Å². The SMILES string of the molecule is CCc1ccc(C(=O)Nc2cc(Cl)cc(CN3CCNC(C)C3)c2C)cn1. The Hall–Kier alpha value is -1.95. The van der Waals surface area contributed by atoms with Crippen LogP contribution in [0.4, 0.5) is 5.69 Å². The van der Waals surface area contributed by atoms with Crippen LogP contribution in [0, 0.1) is 6.92 Å². The summed E-state index contributed by atoms with van der Waals surface area (Å²) < 4.78 is 0. The molecule has 6 heteroatoms. The summed E-state index contributed by atoms with van der Waals surface area (Å²) in [5.74, 6) is -0.169. The number of hydrogen-bond donors (Lipinski definition) is 2. The number of pyridine rings is 1. The quantitative estimate of drug-likeness (QED) is 0.823. The number of aromatic nitrogens is 1. The van der Waals surface area contributed by atoms with Gasteiger partial charge in [-0.1, -0.05) is 18.5 Å². The van der Waals surface area contributed by atoms with Gasteiger partial charge in [-0.2, -0.15) is 0 Å². The van der Waals surface area contributed by atoms with E-state index < -0.39 is 0 Å². The summed E-state index contributed by atoms with van der Waals surface area (Å²) in [4.78, 5) is 19.3. The van der Waals surface area contributed by atoms with Crippen LogP contribution < -0.4 is 10.6 Å². The highest BCUT2D eigenvalue weighted by Gasteiger charge is 2.18. The third-order valence-electron chi connectivity index (χ3n) is 5.02. The largest absolute Gasteiger partial charge is 0.322 e. The number of amides is 1. The highest BCUT2D eigenvalue weighted by Crippen LogP contribution is 2.26. The Balaban J connectivity index is 1.76. The second kappa shape index (κ2) is 8.83. The van der Waals surface area contributed by atoms with Crippen molar-refractivity contribution in [3.63, 3.8) is 0 Å². The maximum atomic E-state index is 12.6. The molecule has 1 aliphatic heterocycles. The topological polar surface area (TPSA) is 57.3 Å². The molecule has 0 radical (unpaired) electrons. The molecule has 1 saturated heterocycles. The van der Waals surface area contributed by atoms with E-state index in [4.69, 9.17) is 11.6 Å². The van der Waals surface area contributed by atoms with Crippen molar-refractivity contribution >= 4 is 23.2 Å². The van der Waals surface area contributed by atoms with Gasteiger partial charge in [0.2, 0.25) is 0 Å². The molecule has 144 valence electrons. The molecule has 1 amide bonds. The molecule has 2 N–H and O–H groups in total. The van der Waals surface area contributed by atoms with E-state index in [-0.39, 0.29) is 5.91 Å². The molecule has 5 nitrogen and oxygen atoms in total. The highest BCUT2D eigenvalue weighted by atomic mass is 35.5. The number of rotatable bonds is 5. The molecule has 1 atom stereocenters. The van der Waals surface area contributed by atoms with Crippen molar-refractivity contribution in [3.8, 4) is 0 Å². The normalized spacial score (nSPS) is 17.7. The molecule has 3 rings (SSSR count). The van der Waals surface area contributed by atoms with Gasteiger partial charge in [0.15, 0.2) is 0 Å². The van der Waals surface area contributed by atoms with E-state index >= 15 is 0 Å². The summed E-state index contributed by atoms with van der Waals surface area (Å²) in [5, 5.41) is 7.09. The minimum absolute atomic E-state index is 0.169. The molecule has 0 spiro atoms. The van der Waals surface area contributed by atoms with Crippen molar-refractivity contribution in [2.45, 2.75) is 39.8 Å². The summed E-state index contributed by atoms with van der Waals surface area (Å²) >= 11 is 6.34. The predicted octanol–water partition coefficient (Wildman–Crippen LogP) is 3.65. The van der Waals surface area contributed by atoms with Gasteiger partial charge >= 0.3 is 0 Å². The van der Waals surface area contributed by atoms with Gasteiger partial charge in [-0.05, 0) is 55.7 Å². The molecule has 1 unspecified atom stereocenters. The summed E-state index contributed by atoms with van der Waals surface area (Å²) in [6, 6.07) is 7.99. The van der Waals surface area contributed by atoms with Gasteiger partial charge < -0.3 is 10.6 Å². The molecule has 2 heterocycles. The highest BCUT2D eigenvalue weighted by molar-refractivity contribution is 6.31. The first-order valence-corrected chi connectivity index (χ1v) is 9.85. The lowest BCUT2D eigenvalue weighted by atomic mass is 10.0. The van der Waals surface area contributed by atoms with Crippen LogP contribution in [0.1, 0.15) is 41.0 Å². The number of nitrogens with one attached hydrogen (secondary N) is 2. The number of carbonyl (C=O) groups excluding carboxylic acids is 1. The summed E-state index contributed by atoms with van der Waals surface area (Å²) in [5.41, 5.74) is 4.47. The van der Waals surface area contributed by atoms with Crippen molar-refractivity contribution in [2.24, 2.45) is 0 Å². The molecule has 1 aromatic heterocycles. The lowest BCUT2D eigenvalue weighted by Crippen LogP contribution is -2.48. The van der Waals surface area contributed by atoms with Crippen molar-refractivity contribution in [1.82, 2.24) is 15.2 Å². The van der Waals surface area contributed by atoms with Gasteiger partial charge in [0, 0.05) is 54.8 Å². The van der Waals surface area contributed by atoms with Gasteiger partial charge in [-0.15, -0.1) is 0 Å². The Morgan fingerprint density at radius 1 is 1.41 bits per heavy atom. The Morgan fingerprint density at radius 3 is 2.89 bits per heavy atom. The number of anilines is 1. The van der Waals surface area contributed by atoms with Crippen LogP contribution in [0.2, 0.25) is 5.02 Å². The number of benzene rings is 1. The van der Waals surface area contributed by atoms with E-state index in [1.54, 1.807) is 6.20 Å². The fourth-order valence-electron chi connectivity index (χ4n) is 3.39. The Kier molecular flexibility index (Phi) is 6.47. The van der Waals surface area contributed by atoms with Gasteiger partial charge in [0.25, 0.3) is 5.91 Å². The average Bonchev–Trinajstić information content (AvgIpc) is 2.65. The summed E-state index contributed by atoms with van der Waals surface area (Å²) in [6.45, 7) is 10.1. The second-order valence-corrected chi connectivity index (χ2v) is 7.61. The van der Waals surface area contributed by atoms with Crippen molar-refractivity contribution in [3.05, 3.63) is 57.9 Å². The minimum atomic E-state index is -0.169. The summed E-state index contributed by atoms with van der Waals surface area (Å²) in [7, 11) is 0. The zero-order valence-corrected chi connectivity index (χ0v) is 16.9. The molecular weight excluding hydrogens is 360 g/mol. The molecule has 27 heavy (non-hydrogen) atoms. The number of halogens is 1. The predicted molar refractivity (Wildman–Crippen MR) is 110 cm³/mol. The lowest BCUT2D eigenvalue weighted by molar-refractivity contribution is 0.102. The van der Waals surface area contributed by atoms with Gasteiger partial charge in [0.05, 0.1) is 5.56 Å². The fourth-order valence-corrected chi connectivity index (χ4v) is 3.63. The molecule has 1 aromatic carbocycles. The maximum absolute atomic E-state index is 12.6. The third kappa shape index (κ3) is 5.06. The van der Waals surface area contributed by atoms with E-state index in [9.17, 15) is 4.79 Å². The molecule has 0 aliphatic carbocycles. The minimum Gasteiger partial charge on any atom is -0.322 e. The zero-order chi connectivity index (χ0) is 19.4. The lowest BCUT2D eigenvalue weighted by Gasteiger charge is -2.32. The van der Waals surface area contributed by atoms with Crippen LogP contribution >= 0.6 is 11.6 Å². The van der Waals surface area contributed by atoms with Crippen LogP contribution in [-0.2, 0) is 13.0 Å². The molecule has 1 aliphatic rings. The van der Waals surface area contributed by atoms with Crippen molar-refractivity contribution in [2.75, 3.05) is 25.0 Å². The smallest absolute Gasteiger partial charge is 0.257 e. The molecule has 0 saturated carbocycles. The molecule has 0 bridgehead atoms. The first-order chi connectivity index (χ1) is 13.0. The molecule has 1 fully saturated rings. The summed E-state index contributed by atoms with van der Waals surface area (Å²) in [6.07, 6.45) is 2.47. The van der Waals surface area contributed by atoms with E-state index in [0.29, 0.717) is 16.6 Å². The first kappa shape index (κ1) is 19.8. The van der Waals surface area contributed by atoms with E-state index in [1.807, 2.05) is 38.1 Å². The van der Waals surface area contributed by atoms with Crippen LogP contribution in [-0.4, -0.2) is 41.5 Å². The van der Waals surface area contributed by atoms with Crippen molar-refractivity contribution in [1.29, 1.82) is 0 Å². The van der Waals surface area contributed by atoms with Crippen LogP contribution in [0.3, 0.4) is 0 Å².